The van der Waals surface area contributed by atoms with Gasteiger partial charge in [-0.15, -0.1) is 0 Å². The number of nitrogens with one attached hydrogen (secondary N) is 1. The van der Waals surface area contributed by atoms with Gasteiger partial charge in [0.15, 0.2) is 0 Å². The zero-order valence-corrected chi connectivity index (χ0v) is 11.2. The molecule has 0 bridgehead atoms. The van der Waals surface area contributed by atoms with Crippen LogP contribution in [-0.2, 0) is 0 Å². The molecule has 0 saturated carbocycles. The minimum Gasteiger partial charge on any atom is -0.384 e. The van der Waals surface area contributed by atoms with E-state index in [9.17, 15) is 14.9 Å². The van der Waals surface area contributed by atoms with Crippen LogP contribution in [0.3, 0.4) is 0 Å². The normalized spacial score (nSPS) is 16.9. The number of nitro groups is 1. The molecule has 1 aromatic heterocycles. The minimum atomic E-state index is -0.629. The highest BCUT2D eigenvalue weighted by Gasteiger charge is 2.24. The summed E-state index contributed by atoms with van der Waals surface area (Å²) in [7, 11) is 2.02. The van der Waals surface area contributed by atoms with Gasteiger partial charge in [-0.1, -0.05) is 0 Å². The number of hydrogen-bond acceptors (Lipinski definition) is 6. The fourth-order valence-electron chi connectivity index (χ4n) is 2.21. The lowest BCUT2D eigenvalue weighted by Crippen LogP contribution is -2.43. The van der Waals surface area contributed by atoms with E-state index in [0.717, 1.165) is 32.1 Å². The van der Waals surface area contributed by atoms with Gasteiger partial charge in [0.25, 0.3) is 11.6 Å². The number of hydrogen-bond donors (Lipinski definition) is 2. The van der Waals surface area contributed by atoms with Gasteiger partial charge in [0.05, 0.1) is 4.92 Å². The molecule has 8 heteroatoms. The van der Waals surface area contributed by atoms with Gasteiger partial charge in [0.1, 0.15) is 17.6 Å². The zero-order chi connectivity index (χ0) is 14.7. The Kier molecular flexibility index (Phi) is 4.14. The number of piperidine rings is 1. The lowest BCUT2D eigenvalue weighted by atomic mass is 10.0. The molecule has 0 spiro atoms. The Morgan fingerprint density at radius 2 is 2.20 bits per heavy atom. The number of carbonyl (C=O) groups is 1. The molecule has 1 aliphatic heterocycles. The molecule has 0 unspecified atom stereocenters. The molecule has 1 fully saturated rings. The van der Waals surface area contributed by atoms with Crippen LogP contribution in [0.1, 0.15) is 23.2 Å². The molecule has 0 atom stereocenters. The monoisotopic (exact) mass is 279 g/mol. The fourth-order valence-corrected chi connectivity index (χ4v) is 2.21. The maximum absolute atomic E-state index is 12.2. The standard InChI is InChI=1S/C12H17N5O3/c1-16-4-2-8(3-5-16)15-12(18)9-6-11(13)14-7-10(9)17(19)20/h6-8H,2-5H2,1H3,(H2,13,14)(H,15,18). The molecular formula is C12H17N5O3. The van der Waals surface area contributed by atoms with Crippen LogP contribution in [0.15, 0.2) is 12.3 Å². The Morgan fingerprint density at radius 1 is 1.55 bits per heavy atom. The number of nitrogens with zero attached hydrogens (tertiary/aromatic N) is 3. The van der Waals surface area contributed by atoms with Crippen molar-refractivity contribution in [2.45, 2.75) is 18.9 Å². The van der Waals surface area contributed by atoms with Crippen molar-refractivity contribution in [1.82, 2.24) is 15.2 Å². The van der Waals surface area contributed by atoms with Gasteiger partial charge >= 0.3 is 0 Å². The molecule has 20 heavy (non-hydrogen) atoms. The number of anilines is 1. The van der Waals surface area contributed by atoms with Gasteiger partial charge in [0.2, 0.25) is 0 Å². The van der Waals surface area contributed by atoms with E-state index >= 15 is 0 Å². The van der Waals surface area contributed by atoms with E-state index in [1.54, 1.807) is 0 Å². The van der Waals surface area contributed by atoms with Crippen molar-refractivity contribution in [1.29, 1.82) is 0 Å². The third-order valence-electron chi connectivity index (χ3n) is 3.40. The lowest BCUT2D eigenvalue weighted by molar-refractivity contribution is -0.385. The van der Waals surface area contributed by atoms with Crippen LogP contribution in [0.25, 0.3) is 0 Å². The van der Waals surface area contributed by atoms with E-state index in [0.29, 0.717) is 0 Å². The Hall–Kier alpha value is -2.22. The van der Waals surface area contributed by atoms with E-state index in [2.05, 4.69) is 15.2 Å². The van der Waals surface area contributed by atoms with Gasteiger partial charge < -0.3 is 16.0 Å². The summed E-state index contributed by atoms with van der Waals surface area (Å²) in [6.07, 6.45) is 2.67. The molecule has 0 aromatic carbocycles. The molecule has 1 saturated heterocycles. The number of nitrogens with two attached hydrogens (primary N) is 1. The van der Waals surface area contributed by atoms with Crippen molar-refractivity contribution in [2.75, 3.05) is 25.9 Å². The summed E-state index contributed by atoms with van der Waals surface area (Å²) in [6.45, 7) is 1.79. The topological polar surface area (TPSA) is 114 Å². The maximum Gasteiger partial charge on any atom is 0.300 e. The van der Waals surface area contributed by atoms with Crippen molar-refractivity contribution in [2.24, 2.45) is 0 Å². The first-order valence-electron chi connectivity index (χ1n) is 6.36. The summed E-state index contributed by atoms with van der Waals surface area (Å²) in [6, 6.07) is 1.27. The highest BCUT2D eigenvalue weighted by Crippen LogP contribution is 2.19. The van der Waals surface area contributed by atoms with E-state index in [1.165, 1.54) is 6.07 Å². The third-order valence-corrected chi connectivity index (χ3v) is 3.40. The van der Waals surface area contributed by atoms with Crippen LogP contribution in [0.2, 0.25) is 0 Å². The number of carbonyl (C=O) groups excluding carboxylic acids is 1. The predicted octanol–water partition coefficient (Wildman–Crippen LogP) is 0.396. The van der Waals surface area contributed by atoms with Crippen LogP contribution >= 0.6 is 0 Å². The van der Waals surface area contributed by atoms with Crippen LogP contribution in [0.5, 0.6) is 0 Å². The number of likely N-dealkylation sites (tertiary alicyclic amines) is 1. The highest BCUT2D eigenvalue weighted by atomic mass is 16.6. The lowest BCUT2D eigenvalue weighted by Gasteiger charge is -2.29. The number of aromatic nitrogens is 1. The summed E-state index contributed by atoms with van der Waals surface area (Å²) in [5.41, 5.74) is 5.13. The van der Waals surface area contributed by atoms with Gasteiger partial charge in [0, 0.05) is 6.04 Å². The van der Waals surface area contributed by atoms with E-state index in [-0.39, 0.29) is 23.1 Å². The SMILES string of the molecule is CN1CCC(NC(=O)c2cc(N)ncc2[N+](=O)[O-])CC1. The quantitative estimate of drug-likeness (QED) is 0.611. The van der Waals surface area contributed by atoms with Crippen LogP contribution in [0.4, 0.5) is 11.5 Å². The molecule has 1 amide bonds. The van der Waals surface area contributed by atoms with Crippen molar-refractivity contribution >= 4 is 17.4 Å². The number of nitrogen functional groups attached to an aromatic ring is 1. The van der Waals surface area contributed by atoms with Crippen molar-refractivity contribution in [3.63, 3.8) is 0 Å². The van der Waals surface area contributed by atoms with Crippen LogP contribution in [0, 0.1) is 10.1 Å². The molecule has 2 rings (SSSR count). The Bertz CT molecular complexity index is 526. The second kappa shape index (κ2) is 5.83. The average Bonchev–Trinajstić information content (AvgIpc) is 2.41. The van der Waals surface area contributed by atoms with Gasteiger partial charge in [-0.3, -0.25) is 14.9 Å². The Morgan fingerprint density at radius 3 is 2.80 bits per heavy atom. The van der Waals surface area contributed by atoms with Gasteiger partial charge in [-0.25, -0.2) is 4.98 Å². The first kappa shape index (κ1) is 14.2. The molecule has 1 aliphatic rings. The molecule has 8 nitrogen and oxygen atoms in total. The summed E-state index contributed by atoms with van der Waals surface area (Å²) in [5, 5.41) is 13.7. The summed E-state index contributed by atoms with van der Waals surface area (Å²) >= 11 is 0. The predicted molar refractivity (Wildman–Crippen MR) is 73.3 cm³/mol. The average molecular weight is 279 g/mol. The zero-order valence-electron chi connectivity index (χ0n) is 11.2. The summed E-state index contributed by atoms with van der Waals surface area (Å²) in [5.74, 6) is -0.385. The van der Waals surface area contributed by atoms with Crippen molar-refractivity contribution in [3.05, 3.63) is 27.9 Å². The second-order valence-corrected chi connectivity index (χ2v) is 4.93. The maximum atomic E-state index is 12.2. The number of rotatable bonds is 3. The molecule has 1 aromatic rings. The van der Waals surface area contributed by atoms with Crippen molar-refractivity contribution in [3.8, 4) is 0 Å². The summed E-state index contributed by atoms with van der Waals surface area (Å²) < 4.78 is 0. The first-order chi connectivity index (χ1) is 9.47. The second-order valence-electron chi connectivity index (χ2n) is 4.93. The first-order valence-corrected chi connectivity index (χ1v) is 6.36. The molecule has 0 aliphatic carbocycles. The van der Waals surface area contributed by atoms with E-state index < -0.39 is 10.8 Å². The molecule has 0 radical (unpaired) electrons. The smallest absolute Gasteiger partial charge is 0.300 e. The van der Waals surface area contributed by atoms with E-state index in [4.69, 9.17) is 5.73 Å². The molecular weight excluding hydrogens is 262 g/mol. The highest BCUT2D eigenvalue weighted by molar-refractivity contribution is 5.98. The van der Waals surface area contributed by atoms with Gasteiger partial charge in [-0.05, 0) is 39.0 Å². The number of pyridine rings is 1. The molecule has 108 valence electrons. The van der Waals surface area contributed by atoms with Crippen LogP contribution < -0.4 is 11.1 Å². The Labute approximate surface area is 116 Å². The fraction of sp³-hybridized carbons (Fsp3) is 0.500. The molecule has 2 heterocycles. The van der Waals surface area contributed by atoms with E-state index in [1.807, 2.05) is 7.05 Å². The van der Waals surface area contributed by atoms with Crippen molar-refractivity contribution < 1.29 is 9.72 Å². The summed E-state index contributed by atoms with van der Waals surface area (Å²) in [4.78, 5) is 28.3. The minimum absolute atomic E-state index is 0.0349. The van der Waals surface area contributed by atoms with Gasteiger partial charge in [-0.2, -0.15) is 0 Å². The Balaban J connectivity index is 2.12. The largest absolute Gasteiger partial charge is 0.384 e. The van der Waals surface area contributed by atoms with Crippen LogP contribution in [-0.4, -0.2) is 46.9 Å². The number of amides is 1. The third kappa shape index (κ3) is 3.21. The molecule has 3 N–H and O–H groups in total.